The highest BCUT2D eigenvalue weighted by Crippen LogP contribution is 2.41. The van der Waals surface area contributed by atoms with E-state index in [0.29, 0.717) is 72.0 Å². The fourth-order valence-corrected chi connectivity index (χ4v) is 3.96. The SMILES string of the molecule is COC(=O)CN(C)CCN(C=O)c1cnccc1Nc1cc(-c2cc(Cl)ccc2F)nc2c1OCCN2. The molecule has 0 saturated carbocycles. The van der Waals surface area contributed by atoms with E-state index < -0.39 is 5.82 Å². The highest BCUT2D eigenvalue weighted by Gasteiger charge is 2.22. The monoisotopic (exact) mass is 528 g/mol. The summed E-state index contributed by atoms with van der Waals surface area (Å²) < 4.78 is 25.2. The Hall–Kier alpha value is -3.96. The number of esters is 1. The Morgan fingerprint density at radius 3 is 2.92 bits per heavy atom. The summed E-state index contributed by atoms with van der Waals surface area (Å²) in [6, 6.07) is 7.65. The highest BCUT2D eigenvalue weighted by atomic mass is 35.5. The number of benzene rings is 1. The first-order valence-corrected chi connectivity index (χ1v) is 11.8. The fourth-order valence-electron chi connectivity index (χ4n) is 3.78. The third-order valence-electron chi connectivity index (χ3n) is 5.67. The van der Waals surface area contributed by atoms with Gasteiger partial charge in [0, 0.05) is 29.9 Å². The molecule has 4 rings (SSSR count). The molecule has 2 N–H and O–H groups in total. The van der Waals surface area contributed by atoms with Crippen LogP contribution >= 0.6 is 11.6 Å². The molecule has 0 atom stereocenters. The second-order valence-electron chi connectivity index (χ2n) is 8.26. The van der Waals surface area contributed by atoms with Crippen LogP contribution in [0, 0.1) is 5.82 Å². The quantitative estimate of drug-likeness (QED) is 0.301. The zero-order chi connectivity index (χ0) is 26.4. The molecule has 1 amide bonds. The van der Waals surface area contributed by atoms with Crippen molar-refractivity contribution in [3.05, 3.63) is 53.6 Å². The number of nitrogens with zero attached hydrogens (tertiary/aromatic N) is 4. The van der Waals surface area contributed by atoms with Gasteiger partial charge in [0.25, 0.3) is 0 Å². The Kier molecular flexibility index (Phi) is 8.36. The summed E-state index contributed by atoms with van der Waals surface area (Å²) in [5, 5.41) is 6.86. The number of ether oxygens (including phenoxy) is 2. The van der Waals surface area contributed by atoms with Gasteiger partial charge in [-0.1, -0.05) is 11.6 Å². The van der Waals surface area contributed by atoms with E-state index in [9.17, 15) is 14.0 Å². The van der Waals surface area contributed by atoms with Crippen molar-refractivity contribution in [1.29, 1.82) is 0 Å². The summed E-state index contributed by atoms with van der Waals surface area (Å²) in [7, 11) is 3.08. The first-order valence-electron chi connectivity index (χ1n) is 11.4. The molecule has 194 valence electrons. The van der Waals surface area contributed by atoms with Crippen molar-refractivity contribution < 1.29 is 23.5 Å². The maximum absolute atomic E-state index is 14.7. The van der Waals surface area contributed by atoms with Crippen LogP contribution in [0.2, 0.25) is 5.02 Å². The van der Waals surface area contributed by atoms with E-state index in [1.807, 2.05) is 0 Å². The molecule has 2 aromatic heterocycles. The number of fused-ring (bicyclic) bond motifs is 1. The average molecular weight is 529 g/mol. The van der Waals surface area contributed by atoms with Gasteiger partial charge in [0.1, 0.15) is 12.4 Å². The summed E-state index contributed by atoms with van der Waals surface area (Å²) in [5.41, 5.74) is 2.19. The summed E-state index contributed by atoms with van der Waals surface area (Å²) in [6.07, 6.45) is 3.84. The molecule has 0 bridgehead atoms. The van der Waals surface area contributed by atoms with E-state index in [1.165, 1.54) is 30.2 Å². The highest BCUT2D eigenvalue weighted by molar-refractivity contribution is 6.30. The Morgan fingerprint density at radius 2 is 2.14 bits per heavy atom. The number of halogens is 2. The van der Waals surface area contributed by atoms with E-state index in [1.54, 1.807) is 36.5 Å². The number of hydrogen-bond donors (Lipinski definition) is 2. The van der Waals surface area contributed by atoms with Gasteiger partial charge in [0.2, 0.25) is 6.41 Å². The van der Waals surface area contributed by atoms with Crippen LogP contribution in [0.5, 0.6) is 5.75 Å². The molecule has 0 aliphatic carbocycles. The molecule has 0 fully saturated rings. The van der Waals surface area contributed by atoms with Crippen LogP contribution in [0.3, 0.4) is 0 Å². The smallest absolute Gasteiger partial charge is 0.319 e. The van der Waals surface area contributed by atoms with Crippen molar-refractivity contribution in [2.75, 3.05) is 62.5 Å². The van der Waals surface area contributed by atoms with Crippen LogP contribution in [-0.4, -0.2) is 74.2 Å². The van der Waals surface area contributed by atoms with Crippen molar-refractivity contribution in [3.8, 4) is 17.0 Å². The van der Waals surface area contributed by atoms with Crippen LogP contribution in [0.25, 0.3) is 11.3 Å². The van der Waals surface area contributed by atoms with Crippen molar-refractivity contribution in [2.45, 2.75) is 0 Å². The summed E-state index contributed by atoms with van der Waals surface area (Å²) in [6.45, 7) is 1.77. The van der Waals surface area contributed by atoms with Crippen molar-refractivity contribution in [2.24, 2.45) is 0 Å². The lowest BCUT2D eigenvalue weighted by molar-refractivity contribution is -0.141. The number of pyridine rings is 2. The number of carbonyl (C=O) groups excluding carboxylic acids is 2. The lowest BCUT2D eigenvalue weighted by Gasteiger charge is -2.26. The number of nitrogens with one attached hydrogen (secondary N) is 2. The van der Waals surface area contributed by atoms with E-state index in [0.717, 1.165) is 0 Å². The van der Waals surface area contributed by atoms with Gasteiger partial charge in [-0.15, -0.1) is 0 Å². The lowest BCUT2D eigenvalue weighted by atomic mass is 10.1. The minimum absolute atomic E-state index is 0.0949. The first-order chi connectivity index (χ1) is 17.9. The Morgan fingerprint density at radius 1 is 1.30 bits per heavy atom. The largest absolute Gasteiger partial charge is 0.486 e. The van der Waals surface area contributed by atoms with Gasteiger partial charge in [0.15, 0.2) is 11.6 Å². The maximum Gasteiger partial charge on any atom is 0.319 e. The van der Waals surface area contributed by atoms with Gasteiger partial charge in [0.05, 0.1) is 49.2 Å². The molecule has 0 spiro atoms. The second kappa shape index (κ2) is 11.8. The minimum Gasteiger partial charge on any atom is -0.486 e. The molecule has 1 aliphatic heterocycles. The predicted molar refractivity (Wildman–Crippen MR) is 139 cm³/mol. The molecular weight excluding hydrogens is 503 g/mol. The Labute approximate surface area is 218 Å². The number of amides is 1. The molecule has 12 heteroatoms. The van der Waals surface area contributed by atoms with Gasteiger partial charge in [-0.2, -0.15) is 0 Å². The second-order valence-corrected chi connectivity index (χ2v) is 8.70. The van der Waals surface area contributed by atoms with E-state index >= 15 is 0 Å². The predicted octanol–water partition coefficient (Wildman–Crippen LogP) is 3.55. The van der Waals surface area contributed by atoms with Crippen LogP contribution in [0.4, 0.5) is 27.3 Å². The maximum atomic E-state index is 14.7. The van der Waals surface area contributed by atoms with Crippen molar-refractivity contribution >= 4 is 46.9 Å². The van der Waals surface area contributed by atoms with Gasteiger partial charge < -0.3 is 25.0 Å². The van der Waals surface area contributed by atoms with Crippen LogP contribution < -0.4 is 20.3 Å². The Balaban J connectivity index is 1.65. The normalized spacial score (nSPS) is 12.2. The average Bonchev–Trinajstić information content (AvgIpc) is 2.91. The fraction of sp³-hybridized carbons (Fsp3) is 0.280. The number of anilines is 4. The summed E-state index contributed by atoms with van der Waals surface area (Å²) in [5.74, 6) is 0.0906. The number of carbonyl (C=O) groups is 2. The molecule has 0 radical (unpaired) electrons. The van der Waals surface area contributed by atoms with Gasteiger partial charge in [-0.05, 0) is 37.4 Å². The number of aromatic nitrogens is 2. The van der Waals surface area contributed by atoms with Gasteiger partial charge >= 0.3 is 5.97 Å². The van der Waals surface area contributed by atoms with Crippen molar-refractivity contribution in [3.63, 3.8) is 0 Å². The van der Waals surface area contributed by atoms with E-state index in [4.69, 9.17) is 16.3 Å². The Bertz CT molecular complexity index is 1290. The zero-order valence-electron chi connectivity index (χ0n) is 20.3. The zero-order valence-corrected chi connectivity index (χ0v) is 21.1. The molecule has 0 saturated heterocycles. The molecule has 10 nitrogen and oxygen atoms in total. The van der Waals surface area contributed by atoms with E-state index in [2.05, 4.69) is 25.3 Å². The van der Waals surface area contributed by atoms with Gasteiger partial charge in [-0.25, -0.2) is 9.37 Å². The summed E-state index contributed by atoms with van der Waals surface area (Å²) in [4.78, 5) is 35.5. The third kappa shape index (κ3) is 6.25. The third-order valence-corrected chi connectivity index (χ3v) is 5.91. The van der Waals surface area contributed by atoms with Crippen LogP contribution in [0.15, 0.2) is 42.7 Å². The lowest BCUT2D eigenvalue weighted by Crippen LogP contribution is -2.35. The number of likely N-dealkylation sites (N-methyl/N-ethyl adjacent to an activating group) is 1. The molecule has 3 aromatic rings. The first kappa shape index (κ1) is 26.1. The van der Waals surface area contributed by atoms with Crippen molar-refractivity contribution in [1.82, 2.24) is 14.9 Å². The summed E-state index contributed by atoms with van der Waals surface area (Å²) >= 11 is 6.11. The minimum atomic E-state index is -0.465. The van der Waals surface area contributed by atoms with Crippen LogP contribution in [-0.2, 0) is 14.3 Å². The number of methoxy groups -OCH3 is 1. The molecule has 0 unspecified atom stereocenters. The number of hydrogen-bond acceptors (Lipinski definition) is 9. The van der Waals surface area contributed by atoms with Crippen LogP contribution in [0.1, 0.15) is 0 Å². The molecular formula is C25H26ClFN6O4. The van der Waals surface area contributed by atoms with E-state index in [-0.39, 0.29) is 18.1 Å². The molecule has 1 aromatic carbocycles. The molecule has 37 heavy (non-hydrogen) atoms. The molecule has 1 aliphatic rings. The molecule has 3 heterocycles. The van der Waals surface area contributed by atoms with Gasteiger partial charge in [-0.3, -0.25) is 19.5 Å². The topological polar surface area (TPSA) is 109 Å². The number of rotatable bonds is 10. The standard InChI is InChI=1S/C25H26ClFN6O4/c1-32(14-23(35)36-2)8-9-33(15-34)22-13-28-6-5-19(22)30-21-12-20(17-11-16(26)3-4-18(17)27)31-25-24(21)37-10-7-29-25/h3-6,11-13,15H,7-10,14H2,1-2H3,(H2,28,29,30,31).